The lowest BCUT2D eigenvalue weighted by molar-refractivity contribution is 0.485. The predicted octanol–water partition coefficient (Wildman–Crippen LogP) is 3.30. The zero-order chi connectivity index (χ0) is 10.8. The molecular formula is C12H17ClN2. The first-order valence-electron chi connectivity index (χ1n) is 5.50. The molecule has 1 aromatic carbocycles. The van der Waals surface area contributed by atoms with E-state index in [1.54, 1.807) is 0 Å². The molecule has 1 heterocycles. The number of nitrogens with two attached hydrogens (primary N) is 1. The summed E-state index contributed by atoms with van der Waals surface area (Å²) in [6.45, 7) is 3.36. The lowest BCUT2D eigenvalue weighted by Crippen LogP contribution is -2.37. The summed E-state index contributed by atoms with van der Waals surface area (Å²) < 4.78 is 0. The zero-order valence-electron chi connectivity index (χ0n) is 9.04. The van der Waals surface area contributed by atoms with Gasteiger partial charge in [0.2, 0.25) is 0 Å². The van der Waals surface area contributed by atoms with Gasteiger partial charge in [-0.25, -0.2) is 0 Å². The van der Waals surface area contributed by atoms with Gasteiger partial charge in [-0.15, -0.1) is 0 Å². The fourth-order valence-corrected chi connectivity index (χ4v) is 2.42. The van der Waals surface area contributed by atoms with Crippen LogP contribution in [0.25, 0.3) is 0 Å². The average molecular weight is 225 g/mol. The summed E-state index contributed by atoms with van der Waals surface area (Å²) >= 11 is 5.89. The standard InChI is InChI=1S/C12H17ClN2/c1-9-4-2-3-7-15(9)12-6-5-10(13)8-11(12)14/h5-6,8-9H,2-4,7,14H2,1H3/t9-/m0/s1. The number of hydrogen-bond donors (Lipinski definition) is 1. The highest BCUT2D eigenvalue weighted by Crippen LogP contribution is 2.31. The minimum Gasteiger partial charge on any atom is -0.397 e. The normalized spacial score (nSPS) is 21.7. The van der Waals surface area contributed by atoms with Crippen LogP contribution < -0.4 is 10.6 Å². The summed E-state index contributed by atoms with van der Waals surface area (Å²) in [5, 5.41) is 0.709. The van der Waals surface area contributed by atoms with Crippen LogP contribution in [0.1, 0.15) is 26.2 Å². The van der Waals surface area contributed by atoms with Crippen LogP contribution in [0.2, 0.25) is 5.02 Å². The number of anilines is 2. The van der Waals surface area contributed by atoms with Gasteiger partial charge in [0.15, 0.2) is 0 Å². The third-order valence-corrected chi connectivity index (χ3v) is 3.34. The van der Waals surface area contributed by atoms with Crippen molar-refractivity contribution in [3.8, 4) is 0 Å². The highest BCUT2D eigenvalue weighted by molar-refractivity contribution is 6.31. The highest BCUT2D eigenvalue weighted by atomic mass is 35.5. The molecule has 0 aromatic heterocycles. The number of nitrogen functional groups attached to an aromatic ring is 1. The Labute approximate surface area is 96.0 Å². The molecule has 0 unspecified atom stereocenters. The van der Waals surface area contributed by atoms with E-state index in [-0.39, 0.29) is 0 Å². The van der Waals surface area contributed by atoms with Gasteiger partial charge in [0, 0.05) is 17.6 Å². The van der Waals surface area contributed by atoms with Crippen LogP contribution in [0.15, 0.2) is 18.2 Å². The summed E-state index contributed by atoms with van der Waals surface area (Å²) in [5.41, 5.74) is 7.91. The molecule has 0 aliphatic carbocycles. The lowest BCUT2D eigenvalue weighted by atomic mass is 10.0. The molecule has 1 saturated heterocycles. The van der Waals surface area contributed by atoms with Crippen molar-refractivity contribution in [3.05, 3.63) is 23.2 Å². The van der Waals surface area contributed by atoms with Crippen molar-refractivity contribution in [2.45, 2.75) is 32.2 Å². The van der Waals surface area contributed by atoms with Gasteiger partial charge in [-0.3, -0.25) is 0 Å². The third-order valence-electron chi connectivity index (χ3n) is 3.10. The Morgan fingerprint density at radius 3 is 2.87 bits per heavy atom. The molecule has 1 aliphatic heterocycles. The fourth-order valence-electron chi connectivity index (χ4n) is 2.24. The maximum absolute atomic E-state index is 5.99. The van der Waals surface area contributed by atoms with Crippen molar-refractivity contribution in [1.29, 1.82) is 0 Å². The molecule has 0 amide bonds. The smallest absolute Gasteiger partial charge is 0.0603 e. The summed E-state index contributed by atoms with van der Waals surface area (Å²) in [5.74, 6) is 0. The maximum Gasteiger partial charge on any atom is 0.0603 e. The summed E-state index contributed by atoms with van der Waals surface area (Å²) in [7, 11) is 0. The van der Waals surface area contributed by atoms with Gasteiger partial charge >= 0.3 is 0 Å². The van der Waals surface area contributed by atoms with E-state index in [2.05, 4.69) is 11.8 Å². The Kier molecular flexibility index (Phi) is 3.06. The number of rotatable bonds is 1. The van der Waals surface area contributed by atoms with Crippen LogP contribution >= 0.6 is 11.6 Å². The molecule has 82 valence electrons. The molecule has 0 bridgehead atoms. The van der Waals surface area contributed by atoms with Gasteiger partial charge in [0.1, 0.15) is 0 Å². The van der Waals surface area contributed by atoms with Crippen molar-refractivity contribution in [3.63, 3.8) is 0 Å². The number of hydrogen-bond acceptors (Lipinski definition) is 2. The minimum absolute atomic E-state index is 0.585. The second kappa shape index (κ2) is 4.31. The minimum atomic E-state index is 0.585. The van der Waals surface area contributed by atoms with E-state index in [1.807, 2.05) is 18.2 Å². The van der Waals surface area contributed by atoms with Crippen molar-refractivity contribution >= 4 is 23.0 Å². The first-order valence-corrected chi connectivity index (χ1v) is 5.88. The maximum atomic E-state index is 5.99. The monoisotopic (exact) mass is 224 g/mol. The quantitative estimate of drug-likeness (QED) is 0.742. The van der Waals surface area contributed by atoms with Crippen LogP contribution in [-0.4, -0.2) is 12.6 Å². The number of halogens is 1. The van der Waals surface area contributed by atoms with Crippen LogP contribution in [0.5, 0.6) is 0 Å². The van der Waals surface area contributed by atoms with E-state index >= 15 is 0 Å². The molecule has 1 aromatic rings. The molecule has 0 radical (unpaired) electrons. The molecule has 15 heavy (non-hydrogen) atoms. The van der Waals surface area contributed by atoms with Gasteiger partial charge in [-0.05, 0) is 44.4 Å². The van der Waals surface area contributed by atoms with Crippen molar-refractivity contribution < 1.29 is 0 Å². The number of benzene rings is 1. The summed E-state index contributed by atoms with van der Waals surface area (Å²) in [6, 6.07) is 6.36. The topological polar surface area (TPSA) is 29.3 Å². The van der Waals surface area contributed by atoms with E-state index < -0.39 is 0 Å². The number of piperidine rings is 1. The predicted molar refractivity (Wildman–Crippen MR) is 66.5 cm³/mol. The molecule has 3 heteroatoms. The third kappa shape index (κ3) is 2.20. The van der Waals surface area contributed by atoms with Gasteiger partial charge in [0.05, 0.1) is 11.4 Å². The molecule has 2 N–H and O–H groups in total. The van der Waals surface area contributed by atoms with Crippen LogP contribution in [-0.2, 0) is 0 Å². The fraction of sp³-hybridized carbons (Fsp3) is 0.500. The molecular weight excluding hydrogens is 208 g/mol. The number of nitrogens with zero attached hydrogens (tertiary/aromatic N) is 1. The van der Waals surface area contributed by atoms with E-state index in [1.165, 1.54) is 19.3 Å². The van der Waals surface area contributed by atoms with Crippen molar-refractivity contribution in [1.82, 2.24) is 0 Å². The summed E-state index contributed by atoms with van der Waals surface area (Å²) in [6.07, 6.45) is 3.83. The Bertz CT molecular complexity index is 351. The van der Waals surface area contributed by atoms with Crippen LogP contribution in [0.4, 0.5) is 11.4 Å². The molecule has 0 spiro atoms. The SMILES string of the molecule is C[C@H]1CCCCN1c1ccc(Cl)cc1N. The zero-order valence-corrected chi connectivity index (χ0v) is 9.80. The van der Waals surface area contributed by atoms with Gasteiger partial charge in [-0.2, -0.15) is 0 Å². The van der Waals surface area contributed by atoms with Gasteiger partial charge < -0.3 is 10.6 Å². The average Bonchev–Trinajstić information content (AvgIpc) is 2.20. The van der Waals surface area contributed by atoms with Crippen molar-refractivity contribution in [2.75, 3.05) is 17.2 Å². The van der Waals surface area contributed by atoms with E-state index in [4.69, 9.17) is 17.3 Å². The Morgan fingerprint density at radius 2 is 2.20 bits per heavy atom. The molecule has 0 saturated carbocycles. The molecule has 1 aliphatic rings. The second-order valence-electron chi connectivity index (χ2n) is 4.24. The van der Waals surface area contributed by atoms with E-state index in [0.29, 0.717) is 11.1 Å². The van der Waals surface area contributed by atoms with Crippen molar-refractivity contribution in [2.24, 2.45) is 0 Å². The van der Waals surface area contributed by atoms with Crippen LogP contribution in [0, 0.1) is 0 Å². The highest BCUT2D eigenvalue weighted by Gasteiger charge is 2.19. The largest absolute Gasteiger partial charge is 0.397 e. The first-order chi connectivity index (χ1) is 7.18. The Morgan fingerprint density at radius 1 is 1.40 bits per heavy atom. The molecule has 2 rings (SSSR count). The Hall–Kier alpha value is -0.890. The second-order valence-corrected chi connectivity index (χ2v) is 4.68. The van der Waals surface area contributed by atoms with E-state index in [9.17, 15) is 0 Å². The first kappa shape index (κ1) is 10.6. The van der Waals surface area contributed by atoms with Gasteiger partial charge in [-0.1, -0.05) is 11.6 Å². The molecule has 2 nitrogen and oxygen atoms in total. The lowest BCUT2D eigenvalue weighted by Gasteiger charge is -2.36. The molecule has 1 atom stereocenters. The molecule has 1 fully saturated rings. The van der Waals surface area contributed by atoms with E-state index in [0.717, 1.165) is 17.9 Å². The van der Waals surface area contributed by atoms with Gasteiger partial charge in [0.25, 0.3) is 0 Å². The Balaban J connectivity index is 2.27. The van der Waals surface area contributed by atoms with Crippen LogP contribution in [0.3, 0.4) is 0 Å². The summed E-state index contributed by atoms with van der Waals surface area (Å²) in [4.78, 5) is 2.38.